The second-order valence-corrected chi connectivity index (χ2v) is 23.9. The van der Waals surface area contributed by atoms with E-state index >= 15 is 0 Å². The molecule has 9 unspecified atom stereocenters. The normalized spacial score (nSPS) is 19.5. The summed E-state index contributed by atoms with van der Waals surface area (Å²) >= 11 is 0. The fraction of sp³-hybridized carbons (Fsp3) is 0.897. The zero-order valence-electron chi connectivity index (χ0n) is 51.4. The highest BCUT2D eigenvalue weighted by Gasteiger charge is 2.44. The van der Waals surface area contributed by atoms with Gasteiger partial charge in [-0.15, -0.1) is 0 Å². The number of amides is 1. The first-order chi connectivity index (χ1) is 38.7. The number of carbonyl (C=O) groups is 1. The zero-order valence-corrected chi connectivity index (χ0v) is 51.4. The predicted octanol–water partition coefficient (Wildman–Crippen LogP) is 15.8. The van der Waals surface area contributed by atoms with E-state index < -0.39 is 74.2 Å². The third-order valence-corrected chi connectivity index (χ3v) is 16.4. The van der Waals surface area contributed by atoms with Crippen LogP contribution in [-0.4, -0.2) is 110 Å². The van der Waals surface area contributed by atoms with Crippen LogP contribution in [0.5, 0.6) is 0 Å². The van der Waals surface area contributed by atoms with Crippen LogP contribution < -0.4 is 5.32 Å². The van der Waals surface area contributed by atoms with E-state index in [2.05, 4.69) is 55.6 Å². The van der Waals surface area contributed by atoms with Crippen LogP contribution in [0.3, 0.4) is 0 Å². The lowest BCUT2D eigenvalue weighted by atomic mass is 9.98. The Balaban J connectivity index is 2.21. The lowest BCUT2D eigenvalue weighted by molar-refractivity contribution is -0.303. The Hall–Kier alpha value is -1.67. The Morgan fingerprint density at radius 3 is 1.16 bits per heavy atom. The molecule has 1 aliphatic rings. The van der Waals surface area contributed by atoms with E-state index in [-0.39, 0.29) is 12.8 Å². The van der Waals surface area contributed by atoms with E-state index in [0.717, 1.165) is 44.9 Å². The first-order valence-corrected chi connectivity index (χ1v) is 33.9. The van der Waals surface area contributed by atoms with Crippen LogP contribution in [0.25, 0.3) is 0 Å². The maximum Gasteiger partial charge on any atom is 0.249 e. The molecule has 0 aliphatic carbocycles. The van der Waals surface area contributed by atoms with Crippen molar-refractivity contribution in [3.8, 4) is 0 Å². The minimum absolute atomic E-state index is 0.255. The molecule has 11 heteroatoms. The molecule has 79 heavy (non-hydrogen) atoms. The monoisotopic (exact) mass is 1120 g/mol. The zero-order chi connectivity index (χ0) is 57.5. The molecule has 1 fully saturated rings. The predicted molar refractivity (Wildman–Crippen MR) is 330 cm³/mol. The van der Waals surface area contributed by atoms with Crippen LogP contribution in [0.1, 0.15) is 322 Å². The molecule has 8 N–H and O–H groups in total. The van der Waals surface area contributed by atoms with Gasteiger partial charge in [-0.1, -0.05) is 288 Å². The number of hydrogen-bond donors (Lipinski definition) is 8. The Labute approximate surface area is 486 Å². The van der Waals surface area contributed by atoms with E-state index in [9.17, 15) is 40.5 Å². The van der Waals surface area contributed by atoms with Gasteiger partial charge >= 0.3 is 0 Å². The number of aliphatic hydroxyl groups is 7. The summed E-state index contributed by atoms with van der Waals surface area (Å²) in [5, 5.41) is 76.4. The number of ether oxygens (including phenoxy) is 2. The number of nitrogens with one attached hydrogen (secondary N) is 1. The van der Waals surface area contributed by atoms with Crippen molar-refractivity contribution in [1.29, 1.82) is 0 Å². The lowest BCUT2D eigenvalue weighted by Crippen LogP contribution is -2.60. The van der Waals surface area contributed by atoms with Gasteiger partial charge in [0, 0.05) is 0 Å². The van der Waals surface area contributed by atoms with E-state index in [4.69, 9.17) is 9.47 Å². The summed E-state index contributed by atoms with van der Waals surface area (Å²) in [6, 6.07) is -1.19. The van der Waals surface area contributed by atoms with Crippen LogP contribution in [0.2, 0.25) is 0 Å². The minimum Gasteiger partial charge on any atom is -0.394 e. The van der Waals surface area contributed by atoms with Crippen molar-refractivity contribution in [1.82, 2.24) is 5.32 Å². The number of allylic oxidation sites excluding steroid dienone is 6. The van der Waals surface area contributed by atoms with E-state index in [0.29, 0.717) is 12.8 Å². The smallest absolute Gasteiger partial charge is 0.249 e. The van der Waals surface area contributed by atoms with Crippen molar-refractivity contribution in [2.45, 2.75) is 377 Å². The quantitative estimate of drug-likeness (QED) is 0.0215. The van der Waals surface area contributed by atoms with Gasteiger partial charge in [0.05, 0.1) is 25.4 Å². The molecule has 0 aromatic carbocycles. The van der Waals surface area contributed by atoms with E-state index in [1.807, 2.05) is 0 Å². The minimum atomic E-state index is -1.67. The fourth-order valence-electron chi connectivity index (χ4n) is 10.9. The Bertz CT molecular complexity index is 1380. The first kappa shape index (κ1) is 75.3. The van der Waals surface area contributed by atoms with Crippen molar-refractivity contribution >= 4 is 5.91 Å². The number of unbranched alkanes of at least 4 members (excludes halogenated alkanes) is 41. The second-order valence-electron chi connectivity index (χ2n) is 23.9. The Morgan fingerprint density at radius 1 is 0.443 bits per heavy atom. The van der Waals surface area contributed by atoms with Gasteiger partial charge in [0.15, 0.2) is 6.29 Å². The molecule has 1 heterocycles. The standard InChI is InChI=1S/C68H129NO10/c1-3-5-7-9-11-13-15-17-19-21-23-25-26-27-28-29-30-31-32-33-34-35-36-38-40-42-44-46-48-50-52-54-56-61(72)67(77)69-59(58-78-68-66(76)65(75)64(74)62(57-70)79-68)63(73)60(71)55-53-51-49-47-45-43-41-39-37-24-22-20-18-16-14-12-10-8-6-4-2/h23,25,27-28,47,49,59-66,68,70-76H,3-22,24,26,29-46,48,50-58H2,1-2H3,(H,69,77)/b25-23-,28-27-,49-47+. The lowest BCUT2D eigenvalue weighted by Gasteiger charge is -2.40. The van der Waals surface area contributed by atoms with Crippen molar-refractivity contribution in [3.63, 3.8) is 0 Å². The number of aliphatic hydroxyl groups excluding tert-OH is 7. The van der Waals surface area contributed by atoms with Gasteiger partial charge in [0.2, 0.25) is 5.91 Å². The van der Waals surface area contributed by atoms with Crippen LogP contribution in [-0.2, 0) is 14.3 Å². The highest BCUT2D eigenvalue weighted by Crippen LogP contribution is 2.24. The molecular weight excluding hydrogens is 991 g/mol. The number of hydrogen-bond acceptors (Lipinski definition) is 10. The summed E-state index contributed by atoms with van der Waals surface area (Å²) in [4.78, 5) is 13.2. The summed E-state index contributed by atoms with van der Waals surface area (Å²) in [5.74, 6) is -0.702. The maximum absolute atomic E-state index is 13.2. The molecule has 1 saturated heterocycles. The van der Waals surface area contributed by atoms with Gasteiger partial charge < -0.3 is 50.5 Å². The summed E-state index contributed by atoms with van der Waals surface area (Å²) in [6.07, 6.45) is 60.8. The van der Waals surface area contributed by atoms with Gasteiger partial charge in [0.25, 0.3) is 0 Å². The maximum atomic E-state index is 13.2. The molecule has 11 nitrogen and oxygen atoms in total. The molecule has 0 aromatic rings. The molecule has 1 amide bonds. The summed E-state index contributed by atoms with van der Waals surface area (Å²) in [5.41, 5.74) is 0. The first-order valence-electron chi connectivity index (χ1n) is 33.9. The van der Waals surface area contributed by atoms with Crippen LogP contribution in [0, 0.1) is 0 Å². The van der Waals surface area contributed by atoms with Gasteiger partial charge in [0.1, 0.15) is 36.6 Å². The van der Waals surface area contributed by atoms with Crippen molar-refractivity contribution in [2.75, 3.05) is 13.2 Å². The van der Waals surface area contributed by atoms with Gasteiger partial charge in [-0.3, -0.25) is 4.79 Å². The SMILES string of the molecule is CCCCCCCCCCC/C=C\C/C=C\CCCCCCCCCCCCCCCCCCC(O)C(=O)NC(COC1OC(CO)C(O)C(O)C1O)C(O)C(O)CCC/C=C/CCCCCCCCCCCCCCCCC. The van der Waals surface area contributed by atoms with Crippen molar-refractivity contribution < 1.29 is 50.0 Å². The highest BCUT2D eigenvalue weighted by atomic mass is 16.7. The average Bonchev–Trinajstić information content (AvgIpc) is 3.46. The van der Waals surface area contributed by atoms with Gasteiger partial charge in [-0.25, -0.2) is 0 Å². The summed E-state index contributed by atoms with van der Waals surface area (Å²) in [6.45, 7) is 3.48. The molecule has 0 aromatic heterocycles. The number of rotatable bonds is 59. The van der Waals surface area contributed by atoms with Crippen LogP contribution >= 0.6 is 0 Å². The Kier molecular flexibility index (Phi) is 54.2. The Morgan fingerprint density at radius 2 is 0.785 bits per heavy atom. The molecule has 0 radical (unpaired) electrons. The molecule has 0 saturated carbocycles. The molecular formula is C68H129NO10. The fourth-order valence-corrected chi connectivity index (χ4v) is 10.9. The van der Waals surface area contributed by atoms with E-state index in [1.165, 1.54) is 238 Å². The second kappa shape index (κ2) is 56.8. The highest BCUT2D eigenvalue weighted by molar-refractivity contribution is 5.80. The molecule has 1 rings (SSSR count). The topological polar surface area (TPSA) is 189 Å². The van der Waals surface area contributed by atoms with Crippen molar-refractivity contribution in [2.24, 2.45) is 0 Å². The third-order valence-electron chi connectivity index (χ3n) is 16.4. The van der Waals surface area contributed by atoms with Gasteiger partial charge in [-0.2, -0.15) is 0 Å². The summed E-state index contributed by atoms with van der Waals surface area (Å²) < 4.78 is 11.2. The van der Waals surface area contributed by atoms with Gasteiger partial charge in [-0.05, 0) is 70.6 Å². The van der Waals surface area contributed by atoms with E-state index in [1.54, 1.807) is 0 Å². The molecule has 466 valence electrons. The molecule has 0 bridgehead atoms. The third kappa shape index (κ3) is 44.5. The van der Waals surface area contributed by atoms with Crippen LogP contribution in [0.15, 0.2) is 36.5 Å². The molecule has 1 aliphatic heterocycles. The molecule has 0 spiro atoms. The average molecular weight is 1120 g/mol. The summed E-state index contributed by atoms with van der Waals surface area (Å²) in [7, 11) is 0. The molecule has 9 atom stereocenters. The largest absolute Gasteiger partial charge is 0.394 e. The number of carbonyl (C=O) groups excluding carboxylic acids is 1. The van der Waals surface area contributed by atoms with Crippen molar-refractivity contribution in [3.05, 3.63) is 36.5 Å². The van der Waals surface area contributed by atoms with Crippen LogP contribution in [0.4, 0.5) is 0 Å².